The van der Waals surface area contributed by atoms with E-state index in [9.17, 15) is 40.3 Å². The molecule has 3 amide bonds. The number of carbonyl (C=O) groups excluding carboxylic acids is 2. The number of carbonyl (C=O) groups is 2. The summed E-state index contributed by atoms with van der Waals surface area (Å²) in [6.45, 7) is 5.00. The first-order valence-electron chi connectivity index (χ1n) is 12.9. The van der Waals surface area contributed by atoms with Gasteiger partial charge in [-0.05, 0) is 73.2 Å². The number of likely N-dealkylation sites (tertiary alicyclic amines) is 1. The number of piperidine rings is 1. The van der Waals surface area contributed by atoms with Gasteiger partial charge in [-0.25, -0.2) is 9.18 Å². The number of nitrogens with zero attached hydrogens (tertiary/aromatic N) is 2. The molecule has 2 aromatic carbocycles. The molecular weight excluding hydrogens is 543 g/mol. The van der Waals surface area contributed by atoms with Crippen molar-refractivity contribution in [3.8, 4) is 0 Å². The van der Waals surface area contributed by atoms with E-state index in [1.54, 1.807) is 13.8 Å². The first kappa shape index (κ1) is 31.2. The lowest BCUT2D eigenvalue weighted by atomic mass is 9.89. The Kier molecular flexibility index (Phi) is 9.41. The molecule has 3 rings (SSSR count). The summed E-state index contributed by atoms with van der Waals surface area (Å²) in [5.41, 5.74) is -2.06. The van der Waals surface area contributed by atoms with Crippen molar-refractivity contribution < 1.29 is 40.3 Å². The second-order valence-electron chi connectivity index (χ2n) is 10.3. The van der Waals surface area contributed by atoms with E-state index in [4.69, 9.17) is 0 Å². The lowest BCUT2D eigenvalue weighted by molar-refractivity contribution is -0.143. The molecule has 12 heteroatoms. The van der Waals surface area contributed by atoms with E-state index < -0.39 is 47.9 Å². The first-order chi connectivity index (χ1) is 18.5. The van der Waals surface area contributed by atoms with Crippen LogP contribution in [0.3, 0.4) is 0 Å². The van der Waals surface area contributed by atoms with Crippen LogP contribution in [-0.4, -0.2) is 41.4 Å². The Hall–Kier alpha value is -3.31. The van der Waals surface area contributed by atoms with Crippen molar-refractivity contribution in [3.63, 3.8) is 0 Å². The summed E-state index contributed by atoms with van der Waals surface area (Å²) in [5.74, 6) is -0.825. The molecule has 1 unspecified atom stereocenters. The number of hydrogen-bond donors (Lipinski definition) is 1. The number of aryl methyl sites for hydroxylation is 1. The molecule has 2 aromatic rings. The van der Waals surface area contributed by atoms with Gasteiger partial charge in [0.1, 0.15) is 5.82 Å². The fourth-order valence-electron chi connectivity index (χ4n) is 4.83. The molecule has 1 saturated heterocycles. The molecule has 0 aromatic heterocycles. The zero-order chi connectivity index (χ0) is 30.0. The molecule has 1 heterocycles. The van der Waals surface area contributed by atoms with Crippen LogP contribution in [0, 0.1) is 18.7 Å². The van der Waals surface area contributed by atoms with Gasteiger partial charge in [0.25, 0.3) is 0 Å². The van der Waals surface area contributed by atoms with Gasteiger partial charge in [-0.15, -0.1) is 0 Å². The zero-order valence-electron chi connectivity index (χ0n) is 22.6. The quantitative estimate of drug-likeness (QED) is 0.374. The highest BCUT2D eigenvalue weighted by molar-refractivity contribution is 5.79. The van der Waals surface area contributed by atoms with Crippen LogP contribution in [0.4, 0.5) is 35.5 Å². The summed E-state index contributed by atoms with van der Waals surface area (Å²) >= 11 is 0. The predicted octanol–water partition coefficient (Wildman–Crippen LogP) is 7.09. The highest BCUT2D eigenvalue weighted by Gasteiger charge is 2.38. The van der Waals surface area contributed by atoms with Crippen LogP contribution in [0.5, 0.6) is 0 Å². The largest absolute Gasteiger partial charge is 0.416 e. The van der Waals surface area contributed by atoms with Crippen LogP contribution < -0.4 is 5.32 Å². The maximum absolute atomic E-state index is 13.8. The van der Waals surface area contributed by atoms with Crippen molar-refractivity contribution in [2.75, 3.05) is 13.6 Å². The number of amides is 3. The Labute approximate surface area is 228 Å². The molecule has 0 radical (unpaired) electrons. The van der Waals surface area contributed by atoms with Crippen molar-refractivity contribution in [1.82, 2.24) is 15.1 Å². The third kappa shape index (κ3) is 7.45. The molecule has 1 aliphatic heterocycles. The molecular formula is C28H32F7N3O2. The van der Waals surface area contributed by atoms with Gasteiger partial charge in [0.05, 0.1) is 17.2 Å². The van der Waals surface area contributed by atoms with Gasteiger partial charge in [0.15, 0.2) is 0 Å². The minimum atomic E-state index is -5.01. The van der Waals surface area contributed by atoms with E-state index in [0.717, 1.165) is 4.90 Å². The number of halogens is 7. The fourth-order valence-corrected chi connectivity index (χ4v) is 4.83. The van der Waals surface area contributed by atoms with Crippen LogP contribution in [-0.2, 0) is 23.7 Å². The SMILES string of the molecule is CCC(C)C(=O)N[C@@H]1CCN(C(=O)N(C)Cc2cc(C(F)(F)F)cc(C(F)(F)F)c2)[C@H](c2ccc(F)cc2C)C1. The van der Waals surface area contributed by atoms with Crippen molar-refractivity contribution in [2.45, 2.75) is 71.0 Å². The van der Waals surface area contributed by atoms with Crippen LogP contribution in [0.1, 0.15) is 67.0 Å². The minimum Gasteiger partial charge on any atom is -0.353 e. The topological polar surface area (TPSA) is 52.7 Å². The zero-order valence-corrected chi connectivity index (χ0v) is 22.6. The van der Waals surface area contributed by atoms with E-state index in [0.29, 0.717) is 42.5 Å². The normalized spacial score (nSPS) is 18.8. The molecule has 0 spiro atoms. The number of rotatable bonds is 6. The molecule has 3 atom stereocenters. The van der Waals surface area contributed by atoms with Gasteiger partial charge in [0.2, 0.25) is 5.91 Å². The summed E-state index contributed by atoms with van der Waals surface area (Å²) in [5, 5.41) is 2.99. The molecule has 1 N–H and O–H groups in total. The predicted molar refractivity (Wildman–Crippen MR) is 135 cm³/mol. The monoisotopic (exact) mass is 575 g/mol. The number of nitrogens with one attached hydrogen (secondary N) is 1. The number of benzene rings is 2. The van der Waals surface area contributed by atoms with Gasteiger partial charge in [0, 0.05) is 32.1 Å². The van der Waals surface area contributed by atoms with E-state index in [1.165, 1.54) is 30.1 Å². The first-order valence-corrected chi connectivity index (χ1v) is 12.9. The van der Waals surface area contributed by atoms with Crippen LogP contribution in [0.15, 0.2) is 36.4 Å². The fraction of sp³-hybridized carbons (Fsp3) is 0.500. The van der Waals surface area contributed by atoms with Gasteiger partial charge in [-0.2, -0.15) is 26.3 Å². The Morgan fingerprint density at radius 3 is 2.17 bits per heavy atom. The molecule has 0 aliphatic carbocycles. The summed E-state index contributed by atoms with van der Waals surface area (Å²) in [7, 11) is 1.29. The van der Waals surface area contributed by atoms with Crippen LogP contribution in [0.25, 0.3) is 0 Å². The standard InChI is InChI=1S/C28H32F7N3O2/c1-5-16(2)25(39)36-22-8-9-38(24(14-22)23-7-6-21(29)10-17(23)3)26(40)37(4)15-18-11-19(27(30,31)32)13-20(12-18)28(33,34)35/h6-7,10-13,16,22,24H,5,8-9,14-15H2,1-4H3,(H,36,39)/t16?,22-,24+/m1/s1. The van der Waals surface area contributed by atoms with Gasteiger partial charge in [-0.1, -0.05) is 19.9 Å². The molecule has 40 heavy (non-hydrogen) atoms. The Balaban J connectivity index is 1.90. The highest BCUT2D eigenvalue weighted by Crippen LogP contribution is 2.37. The highest BCUT2D eigenvalue weighted by atomic mass is 19.4. The van der Waals surface area contributed by atoms with Gasteiger partial charge in [-0.3, -0.25) is 4.79 Å². The second-order valence-corrected chi connectivity index (χ2v) is 10.3. The smallest absolute Gasteiger partial charge is 0.353 e. The van der Waals surface area contributed by atoms with Gasteiger partial charge >= 0.3 is 18.4 Å². The molecule has 0 saturated carbocycles. The minimum absolute atomic E-state index is 0.0388. The molecule has 5 nitrogen and oxygen atoms in total. The maximum atomic E-state index is 13.8. The van der Waals surface area contributed by atoms with Crippen molar-refractivity contribution >= 4 is 11.9 Å². The van der Waals surface area contributed by atoms with Crippen molar-refractivity contribution in [2.24, 2.45) is 5.92 Å². The number of urea groups is 1. The van der Waals surface area contributed by atoms with Crippen LogP contribution >= 0.6 is 0 Å². The van der Waals surface area contributed by atoms with Crippen molar-refractivity contribution in [3.05, 3.63) is 70.0 Å². The number of alkyl halides is 6. The third-order valence-electron chi connectivity index (χ3n) is 7.24. The van der Waals surface area contributed by atoms with E-state index in [1.807, 2.05) is 6.92 Å². The Morgan fingerprint density at radius 1 is 1.05 bits per heavy atom. The summed E-state index contributed by atoms with van der Waals surface area (Å²) < 4.78 is 93.7. The maximum Gasteiger partial charge on any atom is 0.416 e. The molecule has 0 bridgehead atoms. The third-order valence-corrected chi connectivity index (χ3v) is 7.24. The van der Waals surface area contributed by atoms with Crippen LogP contribution in [0.2, 0.25) is 0 Å². The van der Waals surface area contributed by atoms with Crippen molar-refractivity contribution in [1.29, 1.82) is 0 Å². The van der Waals surface area contributed by atoms with Gasteiger partial charge < -0.3 is 15.1 Å². The molecule has 1 fully saturated rings. The Bertz CT molecular complexity index is 1200. The van der Waals surface area contributed by atoms with E-state index in [-0.39, 0.29) is 36.0 Å². The van der Waals surface area contributed by atoms with E-state index >= 15 is 0 Å². The average molecular weight is 576 g/mol. The lowest BCUT2D eigenvalue weighted by Gasteiger charge is -2.42. The average Bonchev–Trinajstić information content (AvgIpc) is 2.86. The molecule has 1 aliphatic rings. The summed E-state index contributed by atoms with van der Waals surface area (Å²) in [6.07, 6.45) is -8.69. The number of hydrogen-bond acceptors (Lipinski definition) is 2. The summed E-state index contributed by atoms with van der Waals surface area (Å²) in [4.78, 5) is 28.6. The Morgan fingerprint density at radius 2 is 1.65 bits per heavy atom. The lowest BCUT2D eigenvalue weighted by Crippen LogP contribution is -2.51. The van der Waals surface area contributed by atoms with E-state index in [2.05, 4.69) is 5.32 Å². The second kappa shape index (κ2) is 12.1. The molecule has 220 valence electrons. The summed E-state index contributed by atoms with van der Waals surface area (Å²) in [6, 6.07) is 3.80.